The molecule has 4 heteroatoms. The number of anilines is 1. The van der Waals surface area contributed by atoms with E-state index in [4.69, 9.17) is 0 Å². The Morgan fingerprint density at radius 1 is 1.10 bits per heavy atom. The summed E-state index contributed by atoms with van der Waals surface area (Å²) in [6.07, 6.45) is 9.08. The van der Waals surface area contributed by atoms with E-state index >= 15 is 0 Å². The average molecular weight is 297 g/mol. The van der Waals surface area contributed by atoms with Crippen LogP contribution in [0.1, 0.15) is 44.9 Å². The summed E-state index contributed by atoms with van der Waals surface area (Å²) < 4.78 is 25.2. The highest BCUT2D eigenvalue weighted by Gasteiger charge is 2.46. The first-order valence-electron chi connectivity index (χ1n) is 7.50. The van der Waals surface area contributed by atoms with Crippen molar-refractivity contribution in [2.24, 2.45) is 5.41 Å². The molecule has 0 heterocycles. The summed E-state index contributed by atoms with van der Waals surface area (Å²) in [6, 6.07) is 7.93. The zero-order valence-electron chi connectivity index (χ0n) is 11.6. The molecule has 0 aliphatic heterocycles. The number of nitrogens with one attached hydrogen (secondary N) is 1. The quantitative estimate of drug-likeness (QED) is 0.734. The van der Waals surface area contributed by atoms with Gasteiger partial charge in [0, 0.05) is 16.6 Å². The zero-order valence-corrected chi connectivity index (χ0v) is 12.4. The maximum atomic E-state index is 12.6. The molecular weight excluding hydrogens is 276 g/mol. The second-order valence-corrected chi connectivity index (χ2v) is 7.07. The fraction of sp³-hybridized carbons (Fsp3) is 0.625. The van der Waals surface area contributed by atoms with Gasteiger partial charge in [0.1, 0.15) is 0 Å². The van der Waals surface area contributed by atoms with E-state index in [0.29, 0.717) is 28.1 Å². The monoisotopic (exact) mass is 297 g/mol. The molecule has 0 saturated heterocycles. The molecular formula is C16H21F2NS. The van der Waals surface area contributed by atoms with Crippen molar-refractivity contribution < 1.29 is 8.78 Å². The van der Waals surface area contributed by atoms with Crippen LogP contribution in [0, 0.1) is 5.41 Å². The Morgan fingerprint density at radius 2 is 1.85 bits per heavy atom. The summed E-state index contributed by atoms with van der Waals surface area (Å²) in [7, 11) is 0. The first kappa shape index (κ1) is 14.2. The minimum atomic E-state index is -2.36. The lowest BCUT2D eigenvalue weighted by molar-refractivity contribution is 0.0570. The van der Waals surface area contributed by atoms with Crippen molar-refractivity contribution in [1.82, 2.24) is 0 Å². The first-order chi connectivity index (χ1) is 9.70. The molecule has 2 saturated carbocycles. The van der Waals surface area contributed by atoms with Gasteiger partial charge in [-0.3, -0.25) is 0 Å². The molecule has 1 N–H and O–H groups in total. The normalized spacial score (nSPS) is 24.6. The number of thioether (sulfide) groups is 1. The van der Waals surface area contributed by atoms with Gasteiger partial charge in [-0.05, 0) is 43.2 Å². The standard InChI is InChI=1S/C16H21F2NS/c17-15(18)20-13-7-3-2-6-12(13)19-14-8-11-16(14)9-4-1-5-10-16/h2-3,6-7,14-15,19H,1,4-5,8-11H2. The molecule has 1 aromatic rings. The van der Waals surface area contributed by atoms with Crippen LogP contribution in [0.15, 0.2) is 29.2 Å². The maximum absolute atomic E-state index is 12.6. The van der Waals surface area contributed by atoms with E-state index in [1.807, 2.05) is 18.2 Å². The van der Waals surface area contributed by atoms with E-state index in [0.717, 1.165) is 5.69 Å². The number of hydrogen-bond acceptors (Lipinski definition) is 2. The Kier molecular flexibility index (Phi) is 4.20. The van der Waals surface area contributed by atoms with E-state index in [9.17, 15) is 8.78 Å². The van der Waals surface area contributed by atoms with Crippen LogP contribution < -0.4 is 5.32 Å². The fourth-order valence-corrected chi connectivity index (χ4v) is 4.35. The number of benzene rings is 1. The minimum Gasteiger partial charge on any atom is -0.381 e. The number of rotatable bonds is 4. The van der Waals surface area contributed by atoms with Crippen LogP contribution in [-0.4, -0.2) is 11.8 Å². The fourth-order valence-electron chi connectivity index (χ4n) is 3.75. The second-order valence-electron chi connectivity index (χ2n) is 6.03. The molecule has 0 aromatic heterocycles. The molecule has 0 amide bonds. The highest BCUT2D eigenvalue weighted by Crippen LogP contribution is 2.53. The molecule has 20 heavy (non-hydrogen) atoms. The molecule has 1 atom stereocenters. The molecule has 0 radical (unpaired) electrons. The van der Waals surface area contributed by atoms with E-state index in [1.54, 1.807) is 6.07 Å². The number of alkyl halides is 2. The van der Waals surface area contributed by atoms with Gasteiger partial charge in [0.15, 0.2) is 0 Å². The van der Waals surface area contributed by atoms with Crippen molar-refractivity contribution >= 4 is 17.4 Å². The van der Waals surface area contributed by atoms with Gasteiger partial charge in [-0.1, -0.05) is 43.2 Å². The van der Waals surface area contributed by atoms with Gasteiger partial charge in [-0.25, -0.2) is 0 Å². The van der Waals surface area contributed by atoms with Crippen LogP contribution in [-0.2, 0) is 0 Å². The summed E-state index contributed by atoms with van der Waals surface area (Å²) in [5.74, 6) is -2.36. The third kappa shape index (κ3) is 2.80. The van der Waals surface area contributed by atoms with Crippen LogP contribution in [0.5, 0.6) is 0 Å². The number of para-hydroxylation sites is 1. The van der Waals surface area contributed by atoms with E-state index in [2.05, 4.69) is 5.32 Å². The summed E-state index contributed by atoms with van der Waals surface area (Å²) in [5.41, 5.74) is 1.33. The van der Waals surface area contributed by atoms with Crippen LogP contribution in [0.2, 0.25) is 0 Å². The molecule has 3 rings (SSSR count). The lowest BCUT2D eigenvalue weighted by atomic mass is 9.57. The molecule has 2 aliphatic carbocycles. The SMILES string of the molecule is FC(F)Sc1ccccc1NC1CCC12CCCCC2. The van der Waals surface area contributed by atoms with Crippen molar-refractivity contribution in [2.75, 3.05) is 5.32 Å². The Hall–Kier alpha value is -0.770. The zero-order chi connectivity index (χ0) is 14.0. The topological polar surface area (TPSA) is 12.0 Å². The minimum absolute atomic E-state index is 0.445. The Morgan fingerprint density at radius 3 is 2.50 bits per heavy atom. The van der Waals surface area contributed by atoms with Crippen molar-refractivity contribution in [3.05, 3.63) is 24.3 Å². The number of hydrogen-bond donors (Lipinski definition) is 1. The summed E-state index contributed by atoms with van der Waals surface area (Å²) in [6.45, 7) is 0. The van der Waals surface area contributed by atoms with Crippen LogP contribution >= 0.6 is 11.8 Å². The summed E-state index contributed by atoms with van der Waals surface area (Å²) in [5, 5.41) is 3.56. The van der Waals surface area contributed by atoms with Crippen LogP contribution in [0.25, 0.3) is 0 Å². The molecule has 2 fully saturated rings. The van der Waals surface area contributed by atoms with Gasteiger partial charge in [0.25, 0.3) is 5.76 Å². The van der Waals surface area contributed by atoms with E-state index < -0.39 is 5.76 Å². The summed E-state index contributed by atoms with van der Waals surface area (Å²) in [4.78, 5) is 0.667. The molecule has 1 spiro atoms. The number of halogens is 2. The van der Waals surface area contributed by atoms with Gasteiger partial charge in [-0.2, -0.15) is 8.78 Å². The largest absolute Gasteiger partial charge is 0.381 e. The Bertz CT molecular complexity index is 458. The van der Waals surface area contributed by atoms with Crippen molar-refractivity contribution in [3.63, 3.8) is 0 Å². The Balaban J connectivity index is 1.71. The maximum Gasteiger partial charge on any atom is 0.288 e. The Labute approximate surface area is 123 Å². The van der Waals surface area contributed by atoms with Crippen molar-refractivity contribution in [1.29, 1.82) is 0 Å². The lowest BCUT2D eigenvalue weighted by Crippen LogP contribution is -2.50. The van der Waals surface area contributed by atoms with Crippen LogP contribution in [0.3, 0.4) is 0 Å². The molecule has 1 aromatic carbocycles. The molecule has 2 aliphatic rings. The van der Waals surface area contributed by atoms with Gasteiger partial charge in [0.2, 0.25) is 0 Å². The summed E-state index contributed by atoms with van der Waals surface area (Å²) >= 11 is 0.641. The van der Waals surface area contributed by atoms with Gasteiger partial charge in [-0.15, -0.1) is 0 Å². The van der Waals surface area contributed by atoms with Gasteiger partial charge < -0.3 is 5.32 Å². The molecule has 1 unspecified atom stereocenters. The highest BCUT2D eigenvalue weighted by molar-refractivity contribution is 7.99. The van der Waals surface area contributed by atoms with Gasteiger partial charge >= 0.3 is 0 Å². The molecule has 110 valence electrons. The van der Waals surface area contributed by atoms with Crippen molar-refractivity contribution in [2.45, 2.75) is 61.6 Å². The van der Waals surface area contributed by atoms with Gasteiger partial charge in [0.05, 0.1) is 0 Å². The van der Waals surface area contributed by atoms with Crippen LogP contribution in [0.4, 0.5) is 14.5 Å². The predicted octanol–water partition coefficient (Wildman–Crippen LogP) is 5.53. The predicted molar refractivity (Wildman–Crippen MR) is 80.5 cm³/mol. The molecule has 0 bridgehead atoms. The van der Waals surface area contributed by atoms with E-state index in [1.165, 1.54) is 44.9 Å². The second kappa shape index (κ2) is 5.92. The lowest BCUT2D eigenvalue weighted by Gasteiger charge is -2.53. The molecule has 1 nitrogen and oxygen atoms in total. The average Bonchev–Trinajstić information content (AvgIpc) is 2.45. The third-order valence-corrected chi connectivity index (χ3v) is 5.74. The smallest absolute Gasteiger partial charge is 0.288 e. The van der Waals surface area contributed by atoms with E-state index in [-0.39, 0.29) is 0 Å². The highest BCUT2D eigenvalue weighted by atomic mass is 32.2. The third-order valence-electron chi connectivity index (χ3n) is 4.95. The van der Waals surface area contributed by atoms with Crippen molar-refractivity contribution in [3.8, 4) is 0 Å². The first-order valence-corrected chi connectivity index (χ1v) is 8.38.